The molecule has 2 saturated carbocycles. The lowest BCUT2D eigenvalue weighted by molar-refractivity contribution is -0.121. The number of rotatable bonds is 6. The normalized spacial score (nSPS) is 23.7. The van der Waals surface area contributed by atoms with E-state index < -0.39 is 11.9 Å². The number of hydrogen-bond donors (Lipinski definition) is 1. The molecule has 0 radical (unpaired) electrons. The van der Waals surface area contributed by atoms with Gasteiger partial charge in [-0.1, -0.05) is 6.42 Å². The van der Waals surface area contributed by atoms with Crippen LogP contribution in [0.15, 0.2) is 0 Å². The zero-order valence-electron chi connectivity index (χ0n) is 15.4. The van der Waals surface area contributed by atoms with Crippen LogP contribution in [-0.2, 0) is 14.3 Å². The van der Waals surface area contributed by atoms with Crippen LogP contribution in [0.4, 0.5) is 5.00 Å². The van der Waals surface area contributed by atoms with Gasteiger partial charge in [-0.2, -0.15) is 0 Å². The lowest BCUT2D eigenvalue weighted by Crippen LogP contribution is -2.27. The van der Waals surface area contributed by atoms with Crippen LogP contribution >= 0.6 is 11.3 Å². The fourth-order valence-corrected chi connectivity index (χ4v) is 5.30. The summed E-state index contributed by atoms with van der Waals surface area (Å²) in [6.07, 6.45) is 4.36. The average Bonchev–Trinajstić information content (AvgIpc) is 3.29. The van der Waals surface area contributed by atoms with Gasteiger partial charge in [-0.05, 0) is 57.4 Å². The Hall–Kier alpha value is -1.89. The Morgan fingerprint density at radius 3 is 2.35 bits per heavy atom. The predicted octanol–water partition coefficient (Wildman–Crippen LogP) is 3.78. The molecule has 0 aromatic carbocycles. The Morgan fingerprint density at radius 1 is 1.08 bits per heavy atom. The van der Waals surface area contributed by atoms with Crippen LogP contribution < -0.4 is 5.32 Å². The fourth-order valence-electron chi connectivity index (χ4n) is 4.21. The summed E-state index contributed by atoms with van der Waals surface area (Å²) in [7, 11) is 0. The second kappa shape index (κ2) is 7.78. The molecule has 0 saturated heterocycles. The van der Waals surface area contributed by atoms with Crippen LogP contribution in [0.1, 0.15) is 65.1 Å². The first-order valence-corrected chi connectivity index (χ1v) is 10.1. The standard InChI is InChI=1S/C19H25NO5S/c1-4-24-18(22)14-10(3)15(19(23)25-5-2)26-17(14)20-16(21)13-9-11-6-7-12(13)8-11/h11-13H,4-9H2,1-3H3,(H,20,21)/t11-,12-,13+/m0/s1. The SMILES string of the molecule is CCOC(=O)c1sc(NC(=O)[C@@H]2C[C@H]3CC[C@H]2C3)c(C(=O)OCC)c1C. The fraction of sp³-hybridized carbons (Fsp3) is 0.632. The number of thiophene rings is 1. The first-order valence-electron chi connectivity index (χ1n) is 9.24. The summed E-state index contributed by atoms with van der Waals surface area (Å²) >= 11 is 1.09. The van der Waals surface area contributed by atoms with E-state index in [1.807, 2.05) is 0 Å². The number of nitrogens with one attached hydrogen (secondary N) is 1. The molecule has 2 fully saturated rings. The van der Waals surface area contributed by atoms with E-state index in [9.17, 15) is 14.4 Å². The molecule has 1 heterocycles. The van der Waals surface area contributed by atoms with Gasteiger partial charge in [0.1, 0.15) is 9.88 Å². The van der Waals surface area contributed by atoms with E-state index in [0.29, 0.717) is 27.3 Å². The summed E-state index contributed by atoms with van der Waals surface area (Å²) in [6, 6.07) is 0. The lowest BCUT2D eigenvalue weighted by Gasteiger charge is -2.20. The van der Waals surface area contributed by atoms with E-state index in [-0.39, 0.29) is 30.6 Å². The van der Waals surface area contributed by atoms with E-state index in [4.69, 9.17) is 9.47 Å². The molecule has 1 aromatic rings. The van der Waals surface area contributed by atoms with E-state index >= 15 is 0 Å². The number of anilines is 1. The van der Waals surface area contributed by atoms with Gasteiger partial charge in [0, 0.05) is 5.92 Å². The van der Waals surface area contributed by atoms with E-state index in [2.05, 4.69) is 5.32 Å². The molecule has 1 N–H and O–H groups in total. The highest BCUT2D eigenvalue weighted by molar-refractivity contribution is 7.18. The van der Waals surface area contributed by atoms with Crippen LogP contribution in [-0.4, -0.2) is 31.1 Å². The predicted molar refractivity (Wildman–Crippen MR) is 98.5 cm³/mol. The van der Waals surface area contributed by atoms with Crippen LogP contribution in [0.3, 0.4) is 0 Å². The van der Waals surface area contributed by atoms with E-state index in [0.717, 1.165) is 30.6 Å². The minimum Gasteiger partial charge on any atom is -0.462 e. The quantitative estimate of drug-likeness (QED) is 0.761. The smallest absolute Gasteiger partial charge is 0.348 e. The number of hydrogen-bond acceptors (Lipinski definition) is 6. The summed E-state index contributed by atoms with van der Waals surface area (Å²) in [5, 5.41) is 3.29. The second-order valence-corrected chi connectivity index (χ2v) is 7.99. The number of fused-ring (bicyclic) bond motifs is 2. The summed E-state index contributed by atoms with van der Waals surface area (Å²) in [5.74, 6) is 0.0229. The number of carbonyl (C=O) groups is 3. The maximum absolute atomic E-state index is 12.8. The molecule has 1 amide bonds. The largest absolute Gasteiger partial charge is 0.462 e. The number of amides is 1. The molecular formula is C19H25NO5S. The highest BCUT2D eigenvalue weighted by atomic mass is 32.1. The van der Waals surface area contributed by atoms with Gasteiger partial charge in [0.15, 0.2) is 0 Å². The highest BCUT2D eigenvalue weighted by Gasteiger charge is 2.43. The molecule has 6 nitrogen and oxygen atoms in total. The van der Waals surface area contributed by atoms with Crippen LogP contribution in [0, 0.1) is 24.7 Å². The molecule has 142 valence electrons. The topological polar surface area (TPSA) is 81.7 Å². The van der Waals surface area contributed by atoms with Gasteiger partial charge >= 0.3 is 11.9 Å². The van der Waals surface area contributed by atoms with Crippen molar-refractivity contribution in [3.63, 3.8) is 0 Å². The summed E-state index contributed by atoms with van der Waals surface area (Å²) in [4.78, 5) is 37.7. The van der Waals surface area contributed by atoms with Crippen molar-refractivity contribution in [1.82, 2.24) is 0 Å². The first-order chi connectivity index (χ1) is 12.5. The zero-order valence-corrected chi connectivity index (χ0v) is 16.2. The first kappa shape index (κ1) is 18.9. The van der Waals surface area contributed by atoms with Crippen LogP contribution in [0.5, 0.6) is 0 Å². The van der Waals surface area contributed by atoms with E-state index in [1.165, 1.54) is 6.42 Å². The third-order valence-corrected chi connectivity index (χ3v) is 6.59. The molecule has 3 atom stereocenters. The Morgan fingerprint density at radius 2 is 1.77 bits per heavy atom. The summed E-state index contributed by atoms with van der Waals surface area (Å²) < 4.78 is 10.2. The second-order valence-electron chi connectivity index (χ2n) is 6.97. The van der Waals surface area contributed by atoms with Crippen molar-refractivity contribution >= 4 is 34.2 Å². The van der Waals surface area contributed by atoms with Crippen molar-refractivity contribution in [3.8, 4) is 0 Å². The summed E-state index contributed by atoms with van der Waals surface area (Å²) in [6.45, 7) is 5.60. The van der Waals surface area contributed by atoms with Gasteiger partial charge < -0.3 is 14.8 Å². The van der Waals surface area contributed by atoms with Gasteiger partial charge in [0.25, 0.3) is 0 Å². The van der Waals surface area contributed by atoms with Crippen molar-refractivity contribution in [2.75, 3.05) is 18.5 Å². The molecule has 0 aliphatic heterocycles. The minimum absolute atomic E-state index is 0.00255. The molecule has 1 aromatic heterocycles. The molecule has 3 rings (SSSR count). The van der Waals surface area contributed by atoms with Gasteiger partial charge in [-0.25, -0.2) is 9.59 Å². The third kappa shape index (κ3) is 3.49. The Labute approximate surface area is 157 Å². The number of carbonyl (C=O) groups excluding carboxylic acids is 3. The van der Waals surface area contributed by atoms with Crippen molar-refractivity contribution < 1.29 is 23.9 Å². The third-order valence-electron chi connectivity index (χ3n) is 5.40. The zero-order chi connectivity index (χ0) is 18.8. The molecule has 26 heavy (non-hydrogen) atoms. The van der Waals surface area contributed by atoms with Crippen molar-refractivity contribution in [3.05, 3.63) is 16.0 Å². The van der Waals surface area contributed by atoms with Gasteiger partial charge in [-0.15, -0.1) is 11.3 Å². The minimum atomic E-state index is -0.528. The number of ether oxygens (including phenoxy) is 2. The molecule has 0 spiro atoms. The maximum atomic E-state index is 12.8. The monoisotopic (exact) mass is 379 g/mol. The van der Waals surface area contributed by atoms with Gasteiger partial charge in [-0.3, -0.25) is 4.79 Å². The maximum Gasteiger partial charge on any atom is 0.348 e. The Kier molecular flexibility index (Phi) is 5.65. The highest BCUT2D eigenvalue weighted by Crippen LogP contribution is 2.49. The molecule has 0 unspecified atom stereocenters. The lowest BCUT2D eigenvalue weighted by atomic mass is 9.88. The van der Waals surface area contributed by atoms with E-state index in [1.54, 1.807) is 20.8 Å². The van der Waals surface area contributed by atoms with Crippen LogP contribution in [0.25, 0.3) is 0 Å². The Balaban J connectivity index is 1.86. The molecular weight excluding hydrogens is 354 g/mol. The Bertz CT molecular complexity index is 726. The van der Waals surface area contributed by atoms with Crippen molar-refractivity contribution in [1.29, 1.82) is 0 Å². The molecule has 7 heteroatoms. The van der Waals surface area contributed by atoms with Gasteiger partial charge in [0.2, 0.25) is 5.91 Å². The average molecular weight is 379 g/mol. The molecule has 2 bridgehead atoms. The van der Waals surface area contributed by atoms with Crippen molar-refractivity contribution in [2.24, 2.45) is 17.8 Å². The molecule has 2 aliphatic rings. The molecule has 2 aliphatic carbocycles. The van der Waals surface area contributed by atoms with Crippen LogP contribution in [0.2, 0.25) is 0 Å². The number of esters is 2. The van der Waals surface area contributed by atoms with Gasteiger partial charge in [0.05, 0.1) is 18.8 Å². The summed E-state index contributed by atoms with van der Waals surface area (Å²) in [5.41, 5.74) is 0.756. The van der Waals surface area contributed by atoms with Crippen molar-refractivity contribution in [2.45, 2.75) is 46.5 Å².